The van der Waals surface area contributed by atoms with Gasteiger partial charge in [0.1, 0.15) is 0 Å². The van der Waals surface area contributed by atoms with Crippen molar-refractivity contribution in [3.8, 4) is 0 Å². The molecule has 1 fully saturated rings. The molecule has 0 radical (unpaired) electrons. The first-order valence-corrected chi connectivity index (χ1v) is 4.65. The van der Waals surface area contributed by atoms with Crippen LogP contribution in [0.5, 0.6) is 0 Å². The summed E-state index contributed by atoms with van der Waals surface area (Å²) in [7, 11) is 0. The van der Waals surface area contributed by atoms with Gasteiger partial charge in [0.05, 0.1) is 0 Å². The molecule has 68 valence electrons. The van der Waals surface area contributed by atoms with E-state index in [1.807, 2.05) is 0 Å². The van der Waals surface area contributed by atoms with Crippen LogP contribution in [-0.4, -0.2) is 17.5 Å². The lowest BCUT2D eigenvalue weighted by atomic mass is 9.87. The van der Waals surface area contributed by atoms with Crippen molar-refractivity contribution in [2.75, 3.05) is 6.54 Å². The van der Waals surface area contributed by atoms with Crippen molar-refractivity contribution < 1.29 is 0 Å². The molecule has 0 aromatic heterocycles. The van der Waals surface area contributed by atoms with Crippen LogP contribution in [0, 0.1) is 5.92 Å². The van der Waals surface area contributed by atoms with Gasteiger partial charge in [-0.25, -0.2) is 4.84 Å². The van der Waals surface area contributed by atoms with Crippen LogP contribution in [-0.2, 0) is 0 Å². The molecule has 1 rings (SSSR count). The van der Waals surface area contributed by atoms with Gasteiger partial charge in [0.15, 0.2) is 0 Å². The van der Waals surface area contributed by atoms with Gasteiger partial charge in [-0.2, -0.15) is 0 Å². The summed E-state index contributed by atoms with van der Waals surface area (Å²) in [4.78, 5) is 2.69. The third-order valence-corrected chi connectivity index (χ3v) is 2.56. The summed E-state index contributed by atoms with van der Waals surface area (Å²) in [6.45, 7) is 0.978. The fraction of sp³-hybridized carbons (Fsp3) is 1.00. The van der Waals surface area contributed by atoms with Gasteiger partial charge in [0.25, 0.3) is 0 Å². The molecule has 3 heteroatoms. The summed E-state index contributed by atoms with van der Waals surface area (Å²) in [5.41, 5.74) is 0. The largest absolute Gasteiger partial charge is 0.234 e. The molecular weight excluding hydrogens is 174 g/mol. The standard InChI is InChI=1S/C8H16ClN.H4Si/c9-10-7-6-8-4-2-1-3-5-8;/h8,10H,1-7H2;1H4. The Bertz CT molecular complexity index is 84.2. The Morgan fingerprint density at radius 2 is 1.82 bits per heavy atom. The minimum absolute atomic E-state index is 0. The molecule has 1 aliphatic carbocycles. The van der Waals surface area contributed by atoms with E-state index in [0.29, 0.717) is 0 Å². The third kappa shape index (κ3) is 4.83. The molecule has 0 saturated heterocycles. The predicted octanol–water partition coefficient (Wildman–Crippen LogP) is 1.25. The summed E-state index contributed by atoms with van der Waals surface area (Å²) in [6, 6.07) is 0. The van der Waals surface area contributed by atoms with E-state index < -0.39 is 0 Å². The molecule has 0 aromatic rings. The molecule has 0 aromatic carbocycles. The van der Waals surface area contributed by atoms with Crippen LogP contribution in [0.1, 0.15) is 38.5 Å². The molecule has 11 heavy (non-hydrogen) atoms. The molecule has 1 N–H and O–H groups in total. The summed E-state index contributed by atoms with van der Waals surface area (Å²) in [5.74, 6) is 0.958. The number of rotatable bonds is 3. The highest BCUT2D eigenvalue weighted by Gasteiger charge is 2.11. The molecule has 1 aliphatic rings. The lowest BCUT2D eigenvalue weighted by molar-refractivity contribution is 0.340. The zero-order valence-corrected chi connectivity index (χ0v) is 7.16. The van der Waals surface area contributed by atoms with Crippen LogP contribution in [0.15, 0.2) is 0 Å². The second-order valence-corrected chi connectivity index (χ2v) is 3.44. The quantitative estimate of drug-likeness (QED) is 0.526. The predicted molar refractivity (Wildman–Crippen MR) is 56.4 cm³/mol. The number of nitrogens with one attached hydrogen (secondary N) is 1. The maximum absolute atomic E-state index is 5.37. The Labute approximate surface area is 79.0 Å². The topological polar surface area (TPSA) is 12.0 Å². The molecule has 0 spiro atoms. The van der Waals surface area contributed by atoms with Crippen molar-refractivity contribution in [2.24, 2.45) is 5.92 Å². The van der Waals surface area contributed by atoms with E-state index in [0.717, 1.165) is 12.5 Å². The Balaban J connectivity index is 0.000001000. The van der Waals surface area contributed by atoms with Crippen LogP contribution in [0.25, 0.3) is 0 Å². The molecule has 0 amide bonds. The second-order valence-electron chi connectivity index (χ2n) is 3.18. The Hall–Kier alpha value is 0.467. The first-order valence-electron chi connectivity index (χ1n) is 4.27. The normalized spacial score (nSPS) is 19.4. The molecule has 0 aliphatic heterocycles. The van der Waals surface area contributed by atoms with E-state index in [2.05, 4.69) is 4.84 Å². The summed E-state index contributed by atoms with van der Waals surface area (Å²) < 4.78 is 0. The number of halogens is 1. The highest BCUT2D eigenvalue weighted by molar-refractivity contribution is 6.13. The zero-order chi connectivity index (χ0) is 7.23. The average Bonchev–Trinajstić information content (AvgIpc) is 2.03. The molecule has 0 atom stereocenters. The number of hydrogen-bond acceptors (Lipinski definition) is 1. The zero-order valence-electron chi connectivity index (χ0n) is 6.41. The van der Waals surface area contributed by atoms with Crippen molar-refractivity contribution in [3.05, 3.63) is 0 Å². The van der Waals surface area contributed by atoms with E-state index in [9.17, 15) is 0 Å². The van der Waals surface area contributed by atoms with Crippen LogP contribution >= 0.6 is 11.8 Å². The second kappa shape index (κ2) is 7.13. The van der Waals surface area contributed by atoms with Crippen LogP contribution in [0.4, 0.5) is 0 Å². The van der Waals surface area contributed by atoms with Crippen LogP contribution in [0.3, 0.4) is 0 Å². The minimum atomic E-state index is 0. The van der Waals surface area contributed by atoms with Crippen molar-refractivity contribution in [1.29, 1.82) is 0 Å². The van der Waals surface area contributed by atoms with E-state index in [1.54, 1.807) is 0 Å². The first-order chi connectivity index (χ1) is 4.93. The molecular formula is C8H20ClNSi. The monoisotopic (exact) mass is 193 g/mol. The van der Waals surface area contributed by atoms with Gasteiger partial charge in [-0.05, 0) is 35.1 Å². The van der Waals surface area contributed by atoms with Gasteiger partial charge in [0, 0.05) is 6.54 Å². The maximum Gasteiger partial charge on any atom is 0.0110 e. The Morgan fingerprint density at radius 3 is 2.36 bits per heavy atom. The fourth-order valence-electron chi connectivity index (χ4n) is 1.73. The summed E-state index contributed by atoms with van der Waals surface area (Å²) in [6.07, 6.45) is 8.45. The smallest absolute Gasteiger partial charge is 0.0110 e. The highest BCUT2D eigenvalue weighted by atomic mass is 35.5. The fourth-order valence-corrected chi connectivity index (χ4v) is 1.84. The van der Waals surface area contributed by atoms with Gasteiger partial charge in [-0.15, -0.1) is 0 Å². The van der Waals surface area contributed by atoms with Gasteiger partial charge >= 0.3 is 0 Å². The van der Waals surface area contributed by atoms with E-state index >= 15 is 0 Å². The molecule has 0 unspecified atom stereocenters. The Morgan fingerprint density at radius 1 is 1.18 bits per heavy atom. The SMILES string of the molecule is ClNCCC1CCCCC1.[SiH4]. The lowest BCUT2D eigenvalue weighted by Crippen LogP contribution is -2.12. The van der Waals surface area contributed by atoms with Crippen molar-refractivity contribution in [2.45, 2.75) is 38.5 Å². The molecule has 0 bridgehead atoms. The van der Waals surface area contributed by atoms with Crippen molar-refractivity contribution in [3.63, 3.8) is 0 Å². The number of hydrogen-bond donors (Lipinski definition) is 1. The van der Waals surface area contributed by atoms with Crippen molar-refractivity contribution in [1.82, 2.24) is 4.84 Å². The van der Waals surface area contributed by atoms with E-state index in [4.69, 9.17) is 11.8 Å². The maximum atomic E-state index is 5.37. The lowest BCUT2D eigenvalue weighted by Gasteiger charge is -2.20. The molecule has 0 heterocycles. The minimum Gasteiger partial charge on any atom is -0.234 e. The average molecular weight is 194 g/mol. The first kappa shape index (κ1) is 11.5. The third-order valence-electron chi connectivity index (χ3n) is 2.37. The van der Waals surface area contributed by atoms with E-state index in [-0.39, 0.29) is 11.0 Å². The highest BCUT2D eigenvalue weighted by Crippen LogP contribution is 2.25. The van der Waals surface area contributed by atoms with Crippen molar-refractivity contribution >= 4 is 22.7 Å². The van der Waals surface area contributed by atoms with Gasteiger partial charge in [0.2, 0.25) is 0 Å². The van der Waals surface area contributed by atoms with Gasteiger partial charge in [-0.3, -0.25) is 0 Å². The van der Waals surface area contributed by atoms with E-state index in [1.165, 1.54) is 38.5 Å². The van der Waals surface area contributed by atoms with Gasteiger partial charge < -0.3 is 0 Å². The summed E-state index contributed by atoms with van der Waals surface area (Å²) in [5, 5.41) is 0. The molecule has 1 saturated carbocycles. The molecule has 1 nitrogen and oxygen atoms in total. The van der Waals surface area contributed by atoms with Gasteiger partial charge in [-0.1, -0.05) is 32.1 Å². The Kier molecular flexibility index (Phi) is 7.44. The van der Waals surface area contributed by atoms with Crippen LogP contribution < -0.4 is 4.84 Å². The van der Waals surface area contributed by atoms with Crippen LogP contribution in [0.2, 0.25) is 0 Å². The summed E-state index contributed by atoms with van der Waals surface area (Å²) >= 11 is 5.37.